The first kappa shape index (κ1) is 12.0. The minimum Gasteiger partial charge on any atom is -0.198 e. The predicted molar refractivity (Wildman–Crippen MR) is 77.0 cm³/mol. The van der Waals surface area contributed by atoms with Gasteiger partial charge in [0.1, 0.15) is 0 Å². The number of hydrogen-bond donors (Lipinski definition) is 0. The SMILES string of the molecule is N#CCc1cccc2c1CCc1ccccc1CC2. The monoisotopic (exact) mass is 247 g/mol. The number of fused-ring (bicyclic) bond motifs is 2. The molecule has 19 heavy (non-hydrogen) atoms. The van der Waals surface area contributed by atoms with Crippen LogP contribution in [0.15, 0.2) is 42.5 Å². The average molecular weight is 247 g/mol. The number of rotatable bonds is 1. The maximum Gasteiger partial charge on any atom is 0.0669 e. The van der Waals surface area contributed by atoms with Crippen LogP contribution in [0.2, 0.25) is 0 Å². The van der Waals surface area contributed by atoms with Crippen LogP contribution in [0.5, 0.6) is 0 Å². The molecule has 0 fully saturated rings. The highest BCUT2D eigenvalue weighted by Crippen LogP contribution is 2.24. The van der Waals surface area contributed by atoms with E-state index in [9.17, 15) is 0 Å². The van der Waals surface area contributed by atoms with E-state index in [1.54, 1.807) is 0 Å². The molecule has 1 heteroatoms. The van der Waals surface area contributed by atoms with E-state index in [-0.39, 0.29) is 0 Å². The van der Waals surface area contributed by atoms with Crippen LogP contribution < -0.4 is 0 Å². The van der Waals surface area contributed by atoms with Crippen LogP contribution in [0, 0.1) is 11.3 Å². The van der Waals surface area contributed by atoms with Gasteiger partial charge in [0.25, 0.3) is 0 Å². The Hall–Kier alpha value is -2.07. The van der Waals surface area contributed by atoms with Crippen molar-refractivity contribution in [2.45, 2.75) is 32.1 Å². The molecule has 0 aromatic heterocycles. The van der Waals surface area contributed by atoms with Gasteiger partial charge in [-0.05, 0) is 53.5 Å². The van der Waals surface area contributed by atoms with Crippen molar-refractivity contribution >= 4 is 0 Å². The Balaban J connectivity index is 1.98. The highest BCUT2D eigenvalue weighted by atomic mass is 14.2. The predicted octanol–water partition coefficient (Wildman–Crippen LogP) is 3.64. The summed E-state index contributed by atoms with van der Waals surface area (Å²) in [6.45, 7) is 0. The van der Waals surface area contributed by atoms with Crippen molar-refractivity contribution in [1.82, 2.24) is 0 Å². The summed E-state index contributed by atoms with van der Waals surface area (Å²) in [5.41, 5.74) is 7.03. The average Bonchev–Trinajstić information content (AvgIpc) is 2.42. The summed E-state index contributed by atoms with van der Waals surface area (Å²) in [6.07, 6.45) is 4.88. The molecule has 2 aromatic rings. The van der Waals surface area contributed by atoms with Gasteiger partial charge in [0.05, 0.1) is 12.5 Å². The maximum absolute atomic E-state index is 8.95. The van der Waals surface area contributed by atoms with E-state index in [2.05, 4.69) is 48.5 Å². The lowest BCUT2D eigenvalue weighted by Gasteiger charge is -2.19. The largest absolute Gasteiger partial charge is 0.198 e. The second-order valence-corrected chi connectivity index (χ2v) is 5.16. The smallest absolute Gasteiger partial charge is 0.0669 e. The van der Waals surface area contributed by atoms with Crippen molar-refractivity contribution in [1.29, 1.82) is 5.26 Å². The molecule has 0 amide bonds. The molecule has 0 saturated heterocycles. The first-order valence-corrected chi connectivity index (χ1v) is 6.92. The van der Waals surface area contributed by atoms with Crippen LogP contribution >= 0.6 is 0 Å². The van der Waals surface area contributed by atoms with Crippen LogP contribution in [0.25, 0.3) is 0 Å². The molecule has 0 atom stereocenters. The summed E-state index contributed by atoms with van der Waals surface area (Å²) < 4.78 is 0. The van der Waals surface area contributed by atoms with Gasteiger partial charge in [-0.15, -0.1) is 0 Å². The molecular formula is C18H17N. The lowest BCUT2D eigenvalue weighted by Crippen LogP contribution is -2.08. The molecule has 94 valence electrons. The van der Waals surface area contributed by atoms with Gasteiger partial charge in [-0.25, -0.2) is 0 Å². The van der Waals surface area contributed by atoms with Gasteiger partial charge in [-0.2, -0.15) is 5.26 Å². The van der Waals surface area contributed by atoms with Gasteiger partial charge >= 0.3 is 0 Å². The molecule has 0 heterocycles. The van der Waals surface area contributed by atoms with E-state index in [0.717, 1.165) is 25.7 Å². The summed E-state index contributed by atoms with van der Waals surface area (Å²) in [6, 6.07) is 17.5. The first-order valence-electron chi connectivity index (χ1n) is 6.92. The number of hydrogen-bond acceptors (Lipinski definition) is 1. The fraction of sp³-hybridized carbons (Fsp3) is 0.278. The van der Waals surface area contributed by atoms with Gasteiger partial charge < -0.3 is 0 Å². The summed E-state index contributed by atoms with van der Waals surface area (Å²) in [7, 11) is 0. The second kappa shape index (κ2) is 5.28. The van der Waals surface area contributed by atoms with Crippen LogP contribution in [0.3, 0.4) is 0 Å². The first-order chi connectivity index (χ1) is 9.38. The Bertz CT molecular complexity index is 634. The number of nitriles is 1. The molecule has 0 aliphatic heterocycles. The molecule has 0 saturated carbocycles. The zero-order valence-corrected chi connectivity index (χ0v) is 11.0. The molecule has 0 unspecified atom stereocenters. The normalized spacial score (nSPS) is 13.6. The van der Waals surface area contributed by atoms with Gasteiger partial charge in [-0.3, -0.25) is 0 Å². The van der Waals surface area contributed by atoms with Crippen molar-refractivity contribution in [2.24, 2.45) is 0 Å². The Kier molecular flexibility index (Phi) is 3.33. The molecule has 1 aliphatic carbocycles. The van der Waals surface area contributed by atoms with Gasteiger partial charge in [0, 0.05) is 0 Å². The molecule has 2 aromatic carbocycles. The molecular weight excluding hydrogens is 230 g/mol. The van der Waals surface area contributed by atoms with Crippen LogP contribution in [-0.2, 0) is 32.1 Å². The molecule has 0 spiro atoms. The Morgan fingerprint density at radius 2 is 1.42 bits per heavy atom. The highest BCUT2D eigenvalue weighted by molar-refractivity contribution is 5.40. The third kappa shape index (κ3) is 2.39. The van der Waals surface area contributed by atoms with Crippen molar-refractivity contribution < 1.29 is 0 Å². The Morgan fingerprint density at radius 3 is 2.16 bits per heavy atom. The molecule has 0 N–H and O–H groups in total. The zero-order chi connectivity index (χ0) is 13.1. The van der Waals surface area contributed by atoms with Gasteiger partial charge in [-0.1, -0.05) is 42.5 Å². The van der Waals surface area contributed by atoms with E-state index in [1.165, 1.54) is 27.8 Å². The minimum atomic E-state index is 0.533. The quantitative estimate of drug-likeness (QED) is 0.754. The van der Waals surface area contributed by atoms with E-state index in [0.29, 0.717) is 6.42 Å². The van der Waals surface area contributed by atoms with E-state index < -0.39 is 0 Å². The standard InChI is InChI=1S/C18H17N/c19-13-12-17-7-3-6-16-9-8-14-4-1-2-5-15(14)10-11-18(16)17/h1-7H,8-12H2. The summed E-state index contributed by atoms with van der Waals surface area (Å²) in [5, 5.41) is 8.95. The van der Waals surface area contributed by atoms with E-state index >= 15 is 0 Å². The van der Waals surface area contributed by atoms with E-state index in [4.69, 9.17) is 5.26 Å². The van der Waals surface area contributed by atoms with Crippen molar-refractivity contribution in [3.05, 3.63) is 70.3 Å². The number of benzene rings is 2. The van der Waals surface area contributed by atoms with Crippen LogP contribution in [-0.4, -0.2) is 0 Å². The van der Waals surface area contributed by atoms with Crippen molar-refractivity contribution in [3.63, 3.8) is 0 Å². The van der Waals surface area contributed by atoms with Crippen molar-refractivity contribution in [3.8, 4) is 6.07 Å². The fourth-order valence-electron chi connectivity index (χ4n) is 3.07. The summed E-state index contributed by atoms with van der Waals surface area (Å²) in [5.74, 6) is 0. The molecule has 1 aliphatic rings. The second-order valence-electron chi connectivity index (χ2n) is 5.16. The topological polar surface area (TPSA) is 23.8 Å². The zero-order valence-electron chi connectivity index (χ0n) is 11.0. The van der Waals surface area contributed by atoms with Crippen LogP contribution in [0.1, 0.15) is 27.8 Å². The highest BCUT2D eigenvalue weighted by Gasteiger charge is 2.13. The van der Waals surface area contributed by atoms with Gasteiger partial charge in [0.2, 0.25) is 0 Å². The van der Waals surface area contributed by atoms with E-state index in [1.807, 2.05) is 0 Å². The maximum atomic E-state index is 8.95. The molecule has 1 nitrogen and oxygen atoms in total. The fourth-order valence-corrected chi connectivity index (χ4v) is 3.07. The Labute approximate surface area is 114 Å². The number of nitrogens with zero attached hydrogens (tertiary/aromatic N) is 1. The third-order valence-electron chi connectivity index (χ3n) is 4.07. The lowest BCUT2D eigenvalue weighted by molar-refractivity contribution is 0.830. The third-order valence-corrected chi connectivity index (χ3v) is 4.07. The molecule has 0 radical (unpaired) electrons. The number of aryl methyl sites for hydroxylation is 3. The summed E-state index contributed by atoms with van der Waals surface area (Å²) in [4.78, 5) is 0. The van der Waals surface area contributed by atoms with Crippen LogP contribution in [0.4, 0.5) is 0 Å². The van der Waals surface area contributed by atoms with Gasteiger partial charge in [0.15, 0.2) is 0 Å². The lowest BCUT2D eigenvalue weighted by atomic mass is 9.86. The molecule has 0 bridgehead atoms. The van der Waals surface area contributed by atoms with Crippen molar-refractivity contribution in [2.75, 3.05) is 0 Å². The Morgan fingerprint density at radius 1 is 0.789 bits per heavy atom. The molecule has 3 rings (SSSR count). The summed E-state index contributed by atoms with van der Waals surface area (Å²) >= 11 is 0. The minimum absolute atomic E-state index is 0.533.